The SMILES string of the molecule is CC1CCCC(CNc2ncnc(N)c2Cl)C1. The molecule has 0 radical (unpaired) electrons. The van der Waals surface area contributed by atoms with Crippen molar-refractivity contribution in [2.24, 2.45) is 11.8 Å². The van der Waals surface area contributed by atoms with Gasteiger partial charge in [-0.2, -0.15) is 0 Å². The van der Waals surface area contributed by atoms with Gasteiger partial charge in [-0.3, -0.25) is 0 Å². The molecule has 5 heteroatoms. The van der Waals surface area contributed by atoms with Crippen LogP contribution in [0.3, 0.4) is 0 Å². The van der Waals surface area contributed by atoms with Crippen molar-refractivity contribution in [1.82, 2.24) is 9.97 Å². The molecule has 2 atom stereocenters. The summed E-state index contributed by atoms with van der Waals surface area (Å²) in [5.41, 5.74) is 5.63. The Hall–Kier alpha value is -1.03. The summed E-state index contributed by atoms with van der Waals surface area (Å²) in [6.45, 7) is 3.24. The predicted molar refractivity (Wildman–Crippen MR) is 71.1 cm³/mol. The summed E-state index contributed by atoms with van der Waals surface area (Å²) in [5.74, 6) is 2.53. The average Bonchev–Trinajstić information content (AvgIpc) is 2.31. The Morgan fingerprint density at radius 2 is 2.29 bits per heavy atom. The molecule has 1 fully saturated rings. The lowest BCUT2D eigenvalue weighted by atomic mass is 9.82. The molecule has 1 aromatic heterocycles. The summed E-state index contributed by atoms with van der Waals surface area (Å²) in [6, 6.07) is 0. The molecule has 0 spiro atoms. The van der Waals surface area contributed by atoms with Crippen LogP contribution in [0.25, 0.3) is 0 Å². The molecule has 1 heterocycles. The van der Waals surface area contributed by atoms with E-state index in [2.05, 4.69) is 22.2 Å². The molecule has 17 heavy (non-hydrogen) atoms. The molecule has 1 aromatic rings. The number of nitrogens with zero attached hydrogens (tertiary/aromatic N) is 2. The van der Waals surface area contributed by atoms with Gasteiger partial charge in [0, 0.05) is 6.54 Å². The topological polar surface area (TPSA) is 63.8 Å². The van der Waals surface area contributed by atoms with Crippen molar-refractivity contribution in [2.45, 2.75) is 32.6 Å². The molecule has 1 saturated carbocycles. The molecule has 0 aliphatic heterocycles. The fraction of sp³-hybridized carbons (Fsp3) is 0.667. The number of nitrogens with two attached hydrogens (primary N) is 1. The van der Waals surface area contributed by atoms with Gasteiger partial charge in [0.25, 0.3) is 0 Å². The van der Waals surface area contributed by atoms with Gasteiger partial charge >= 0.3 is 0 Å². The lowest BCUT2D eigenvalue weighted by molar-refractivity contribution is 0.293. The first-order chi connectivity index (χ1) is 8.16. The Bertz CT molecular complexity index is 383. The Balaban J connectivity index is 1.91. The summed E-state index contributed by atoms with van der Waals surface area (Å²) in [7, 11) is 0. The van der Waals surface area contributed by atoms with E-state index in [1.807, 2.05) is 0 Å². The molecular weight excluding hydrogens is 236 g/mol. The average molecular weight is 255 g/mol. The van der Waals surface area contributed by atoms with Crippen LogP contribution in [0.15, 0.2) is 6.33 Å². The third kappa shape index (κ3) is 3.22. The Labute approximate surface area is 107 Å². The zero-order valence-corrected chi connectivity index (χ0v) is 10.9. The van der Waals surface area contributed by atoms with Crippen LogP contribution < -0.4 is 11.1 Å². The predicted octanol–water partition coefficient (Wildman–Crippen LogP) is 2.95. The van der Waals surface area contributed by atoms with Gasteiger partial charge in [0.05, 0.1) is 0 Å². The Morgan fingerprint density at radius 1 is 1.47 bits per heavy atom. The summed E-state index contributed by atoms with van der Waals surface area (Å²) in [4.78, 5) is 7.95. The van der Waals surface area contributed by atoms with Gasteiger partial charge in [-0.1, -0.05) is 31.4 Å². The summed E-state index contributed by atoms with van der Waals surface area (Å²) < 4.78 is 0. The van der Waals surface area contributed by atoms with Gasteiger partial charge in [-0.15, -0.1) is 0 Å². The largest absolute Gasteiger partial charge is 0.382 e. The summed E-state index contributed by atoms with van der Waals surface area (Å²) >= 11 is 6.03. The van der Waals surface area contributed by atoms with Crippen LogP contribution in [0.1, 0.15) is 32.6 Å². The Morgan fingerprint density at radius 3 is 3.06 bits per heavy atom. The van der Waals surface area contributed by atoms with Gasteiger partial charge in [0.15, 0.2) is 0 Å². The zero-order valence-electron chi connectivity index (χ0n) is 10.1. The number of hydrogen-bond donors (Lipinski definition) is 2. The fourth-order valence-electron chi connectivity index (χ4n) is 2.49. The molecule has 2 rings (SSSR count). The first-order valence-electron chi connectivity index (χ1n) is 6.16. The molecule has 0 amide bonds. The highest BCUT2D eigenvalue weighted by Crippen LogP contribution is 2.29. The Kier molecular flexibility index (Phi) is 4.05. The summed E-state index contributed by atoms with van der Waals surface area (Å²) in [6.07, 6.45) is 6.69. The molecule has 1 aliphatic carbocycles. The van der Waals surface area contributed by atoms with Crippen LogP contribution in [0.2, 0.25) is 5.02 Å². The number of anilines is 2. The van der Waals surface area contributed by atoms with Crippen LogP contribution >= 0.6 is 11.6 Å². The number of aromatic nitrogens is 2. The van der Waals surface area contributed by atoms with Gasteiger partial charge in [-0.05, 0) is 24.7 Å². The molecular formula is C12H19ClN4. The minimum Gasteiger partial charge on any atom is -0.382 e. The van der Waals surface area contributed by atoms with Crippen molar-refractivity contribution < 1.29 is 0 Å². The molecule has 3 N–H and O–H groups in total. The van der Waals surface area contributed by atoms with Crippen LogP contribution in [0, 0.1) is 11.8 Å². The number of nitrogen functional groups attached to an aromatic ring is 1. The van der Waals surface area contributed by atoms with Crippen LogP contribution in [-0.2, 0) is 0 Å². The molecule has 0 bridgehead atoms. The van der Waals surface area contributed by atoms with E-state index in [9.17, 15) is 0 Å². The molecule has 1 aliphatic rings. The maximum atomic E-state index is 6.03. The van der Waals surface area contributed by atoms with Crippen molar-refractivity contribution >= 4 is 23.2 Å². The van der Waals surface area contributed by atoms with Crippen LogP contribution in [0.5, 0.6) is 0 Å². The van der Waals surface area contributed by atoms with E-state index in [1.54, 1.807) is 0 Å². The molecule has 0 saturated heterocycles. The first-order valence-corrected chi connectivity index (χ1v) is 6.54. The lowest BCUT2D eigenvalue weighted by Crippen LogP contribution is -2.21. The molecule has 0 aromatic carbocycles. The third-order valence-corrected chi connectivity index (χ3v) is 3.79. The van der Waals surface area contributed by atoms with Crippen molar-refractivity contribution in [3.8, 4) is 0 Å². The number of hydrogen-bond acceptors (Lipinski definition) is 4. The summed E-state index contributed by atoms with van der Waals surface area (Å²) in [5, 5.41) is 3.71. The highest BCUT2D eigenvalue weighted by Gasteiger charge is 2.19. The van der Waals surface area contributed by atoms with Crippen molar-refractivity contribution in [2.75, 3.05) is 17.6 Å². The van der Waals surface area contributed by atoms with Crippen LogP contribution in [0.4, 0.5) is 11.6 Å². The first kappa shape index (κ1) is 12.4. The zero-order chi connectivity index (χ0) is 12.3. The van der Waals surface area contributed by atoms with Crippen molar-refractivity contribution in [1.29, 1.82) is 0 Å². The van der Waals surface area contributed by atoms with E-state index in [0.717, 1.165) is 12.5 Å². The van der Waals surface area contributed by atoms with Gasteiger partial charge in [0.2, 0.25) is 0 Å². The standard InChI is InChI=1S/C12H19ClN4/c1-8-3-2-4-9(5-8)6-15-12-10(13)11(14)16-7-17-12/h7-9H,2-6H2,1H3,(H3,14,15,16,17). The maximum absolute atomic E-state index is 6.03. The number of nitrogens with one attached hydrogen (secondary N) is 1. The maximum Gasteiger partial charge on any atom is 0.150 e. The van der Waals surface area contributed by atoms with Crippen molar-refractivity contribution in [3.63, 3.8) is 0 Å². The van der Waals surface area contributed by atoms with E-state index in [1.165, 1.54) is 32.0 Å². The molecule has 2 unspecified atom stereocenters. The molecule has 94 valence electrons. The van der Waals surface area contributed by atoms with Gasteiger partial charge in [-0.25, -0.2) is 9.97 Å². The quantitative estimate of drug-likeness (QED) is 0.871. The van der Waals surface area contributed by atoms with E-state index < -0.39 is 0 Å². The second kappa shape index (κ2) is 5.54. The fourth-order valence-corrected chi connectivity index (χ4v) is 2.66. The molecule has 4 nitrogen and oxygen atoms in total. The smallest absolute Gasteiger partial charge is 0.150 e. The van der Waals surface area contributed by atoms with E-state index in [-0.39, 0.29) is 0 Å². The van der Waals surface area contributed by atoms with Crippen molar-refractivity contribution in [3.05, 3.63) is 11.3 Å². The monoisotopic (exact) mass is 254 g/mol. The number of rotatable bonds is 3. The van der Waals surface area contributed by atoms with E-state index in [4.69, 9.17) is 17.3 Å². The highest BCUT2D eigenvalue weighted by molar-refractivity contribution is 6.35. The van der Waals surface area contributed by atoms with Crippen LogP contribution in [-0.4, -0.2) is 16.5 Å². The van der Waals surface area contributed by atoms with E-state index in [0.29, 0.717) is 22.6 Å². The minimum atomic E-state index is 0.334. The van der Waals surface area contributed by atoms with Gasteiger partial charge < -0.3 is 11.1 Å². The lowest BCUT2D eigenvalue weighted by Gasteiger charge is -2.27. The third-order valence-electron chi connectivity index (χ3n) is 3.42. The van der Waals surface area contributed by atoms with Gasteiger partial charge in [0.1, 0.15) is 23.0 Å². The second-order valence-electron chi connectivity index (χ2n) is 4.94. The van der Waals surface area contributed by atoms with E-state index >= 15 is 0 Å². The second-order valence-corrected chi connectivity index (χ2v) is 5.32. The number of halogens is 1. The highest BCUT2D eigenvalue weighted by atomic mass is 35.5. The minimum absolute atomic E-state index is 0.334. The normalized spacial score (nSPS) is 24.6.